The van der Waals surface area contributed by atoms with Crippen molar-refractivity contribution in [3.05, 3.63) is 30.1 Å². The summed E-state index contributed by atoms with van der Waals surface area (Å²) in [6, 6.07) is 6.66. The third-order valence-corrected chi connectivity index (χ3v) is 2.26. The van der Waals surface area contributed by atoms with Crippen molar-refractivity contribution >= 4 is 11.6 Å². The Morgan fingerprint density at radius 1 is 1.40 bits per heavy atom. The van der Waals surface area contributed by atoms with E-state index >= 15 is 0 Å². The highest BCUT2D eigenvalue weighted by Crippen LogP contribution is 2.18. The average molecular weight is 208 g/mol. The van der Waals surface area contributed by atoms with E-state index in [1.165, 1.54) is 6.07 Å². The fourth-order valence-corrected chi connectivity index (χ4v) is 1.29. The number of halogens is 1. The monoisotopic (exact) mass is 208 g/mol. The van der Waals surface area contributed by atoms with E-state index < -0.39 is 0 Å². The van der Waals surface area contributed by atoms with Crippen LogP contribution >= 0.6 is 0 Å². The Balaban J connectivity index is 1.81. The molecule has 1 fully saturated rings. The Labute approximate surface area is 87.7 Å². The number of carbonyl (C=O) groups excluding carboxylic acids is 1. The zero-order valence-corrected chi connectivity index (χ0v) is 8.29. The van der Waals surface area contributed by atoms with Crippen LogP contribution in [0, 0.1) is 5.82 Å². The van der Waals surface area contributed by atoms with E-state index in [2.05, 4.69) is 10.6 Å². The third kappa shape index (κ3) is 2.94. The predicted octanol–water partition coefficient (Wildman–Crippen LogP) is 1.52. The molecule has 1 aliphatic rings. The summed E-state index contributed by atoms with van der Waals surface area (Å²) in [7, 11) is 0. The van der Waals surface area contributed by atoms with Gasteiger partial charge in [-0.1, -0.05) is 12.1 Å². The van der Waals surface area contributed by atoms with Crippen molar-refractivity contribution in [2.75, 3.05) is 11.9 Å². The largest absolute Gasteiger partial charge is 0.374 e. The zero-order valence-electron chi connectivity index (χ0n) is 8.29. The molecule has 1 saturated carbocycles. The van der Waals surface area contributed by atoms with Gasteiger partial charge in [-0.2, -0.15) is 0 Å². The molecule has 0 atom stereocenters. The van der Waals surface area contributed by atoms with Gasteiger partial charge < -0.3 is 10.6 Å². The lowest BCUT2D eigenvalue weighted by Gasteiger charge is -2.07. The van der Waals surface area contributed by atoms with Gasteiger partial charge in [0.15, 0.2) is 0 Å². The van der Waals surface area contributed by atoms with Crippen molar-refractivity contribution in [3.63, 3.8) is 0 Å². The number of rotatable bonds is 4. The van der Waals surface area contributed by atoms with Crippen LogP contribution in [0.1, 0.15) is 12.8 Å². The van der Waals surface area contributed by atoms with Gasteiger partial charge in [0, 0.05) is 6.04 Å². The van der Waals surface area contributed by atoms with Crippen molar-refractivity contribution in [3.8, 4) is 0 Å². The van der Waals surface area contributed by atoms with E-state index in [1.807, 2.05) is 0 Å². The van der Waals surface area contributed by atoms with Gasteiger partial charge in [-0.15, -0.1) is 0 Å². The van der Waals surface area contributed by atoms with Crippen LogP contribution in [0.3, 0.4) is 0 Å². The smallest absolute Gasteiger partial charge is 0.239 e. The maximum absolute atomic E-state index is 13.1. The second-order valence-electron chi connectivity index (χ2n) is 3.68. The first-order valence-corrected chi connectivity index (χ1v) is 5.03. The van der Waals surface area contributed by atoms with Crippen LogP contribution in [0.4, 0.5) is 10.1 Å². The van der Waals surface area contributed by atoms with Gasteiger partial charge in [0.05, 0.1) is 12.2 Å². The molecular weight excluding hydrogens is 195 g/mol. The first-order chi connectivity index (χ1) is 7.25. The van der Waals surface area contributed by atoms with Gasteiger partial charge in [0.25, 0.3) is 0 Å². The molecule has 0 aliphatic heterocycles. The van der Waals surface area contributed by atoms with Gasteiger partial charge in [0.1, 0.15) is 5.82 Å². The minimum absolute atomic E-state index is 0.0826. The van der Waals surface area contributed by atoms with Gasteiger partial charge in [-0.3, -0.25) is 4.79 Å². The van der Waals surface area contributed by atoms with E-state index in [0.717, 1.165) is 12.8 Å². The SMILES string of the molecule is O=C(CNc1ccccc1F)NC1CC1. The van der Waals surface area contributed by atoms with Crippen LogP contribution in [0.5, 0.6) is 0 Å². The first kappa shape index (κ1) is 9.96. The van der Waals surface area contributed by atoms with Gasteiger partial charge >= 0.3 is 0 Å². The van der Waals surface area contributed by atoms with Crippen LogP contribution in [0.15, 0.2) is 24.3 Å². The molecule has 0 radical (unpaired) electrons. The summed E-state index contributed by atoms with van der Waals surface area (Å²) >= 11 is 0. The van der Waals surface area contributed by atoms with Crippen molar-refractivity contribution < 1.29 is 9.18 Å². The second-order valence-corrected chi connectivity index (χ2v) is 3.68. The summed E-state index contributed by atoms with van der Waals surface area (Å²) in [4.78, 5) is 11.3. The molecule has 4 heteroatoms. The Kier molecular flexibility index (Phi) is 2.85. The molecule has 0 aromatic heterocycles. The van der Waals surface area contributed by atoms with E-state index in [1.54, 1.807) is 18.2 Å². The third-order valence-electron chi connectivity index (χ3n) is 2.26. The van der Waals surface area contributed by atoms with Crippen molar-refractivity contribution in [2.24, 2.45) is 0 Å². The fourth-order valence-electron chi connectivity index (χ4n) is 1.29. The Morgan fingerprint density at radius 2 is 2.13 bits per heavy atom. The van der Waals surface area contributed by atoms with E-state index in [0.29, 0.717) is 11.7 Å². The van der Waals surface area contributed by atoms with Crippen LogP contribution in [0.2, 0.25) is 0 Å². The van der Waals surface area contributed by atoms with Gasteiger partial charge in [0.2, 0.25) is 5.91 Å². The number of amides is 1. The van der Waals surface area contributed by atoms with Crippen LogP contribution in [-0.2, 0) is 4.79 Å². The van der Waals surface area contributed by atoms with E-state index in [9.17, 15) is 9.18 Å². The average Bonchev–Trinajstić information content (AvgIpc) is 3.00. The molecular formula is C11H13FN2O. The quantitative estimate of drug-likeness (QED) is 0.787. The van der Waals surface area contributed by atoms with Crippen LogP contribution in [-0.4, -0.2) is 18.5 Å². The molecule has 1 aromatic rings. The standard InChI is InChI=1S/C11H13FN2O/c12-9-3-1-2-4-10(9)13-7-11(15)14-8-5-6-8/h1-4,8,13H,5-7H2,(H,14,15). The zero-order chi connectivity index (χ0) is 10.7. The lowest BCUT2D eigenvalue weighted by atomic mass is 10.3. The van der Waals surface area contributed by atoms with Crippen LogP contribution in [0.25, 0.3) is 0 Å². The minimum atomic E-state index is -0.336. The van der Waals surface area contributed by atoms with Crippen molar-refractivity contribution in [2.45, 2.75) is 18.9 Å². The number of hydrogen-bond acceptors (Lipinski definition) is 2. The molecule has 15 heavy (non-hydrogen) atoms. The topological polar surface area (TPSA) is 41.1 Å². The van der Waals surface area contributed by atoms with E-state index in [-0.39, 0.29) is 18.3 Å². The molecule has 1 aliphatic carbocycles. The number of nitrogens with one attached hydrogen (secondary N) is 2. The molecule has 1 amide bonds. The van der Waals surface area contributed by atoms with E-state index in [4.69, 9.17) is 0 Å². The van der Waals surface area contributed by atoms with Crippen molar-refractivity contribution in [1.82, 2.24) is 5.32 Å². The molecule has 2 N–H and O–H groups in total. The van der Waals surface area contributed by atoms with Gasteiger partial charge in [-0.05, 0) is 25.0 Å². The number of hydrogen-bond donors (Lipinski definition) is 2. The lowest BCUT2D eigenvalue weighted by Crippen LogP contribution is -2.31. The number of carbonyl (C=O) groups is 1. The minimum Gasteiger partial charge on any atom is -0.374 e. The van der Waals surface area contributed by atoms with Gasteiger partial charge in [-0.25, -0.2) is 4.39 Å². The summed E-state index contributed by atoms with van der Waals surface area (Å²) in [6.07, 6.45) is 2.12. The Bertz CT molecular complexity index is 363. The lowest BCUT2D eigenvalue weighted by molar-refractivity contribution is -0.119. The van der Waals surface area contributed by atoms with Crippen LogP contribution < -0.4 is 10.6 Å². The number of para-hydroxylation sites is 1. The highest BCUT2D eigenvalue weighted by molar-refractivity contribution is 5.81. The fraction of sp³-hybridized carbons (Fsp3) is 0.364. The second kappa shape index (κ2) is 4.29. The Morgan fingerprint density at radius 3 is 2.80 bits per heavy atom. The highest BCUT2D eigenvalue weighted by Gasteiger charge is 2.22. The summed E-state index contributed by atoms with van der Waals surface area (Å²) in [5.41, 5.74) is 0.364. The molecule has 80 valence electrons. The molecule has 0 saturated heterocycles. The normalized spacial score (nSPS) is 14.7. The molecule has 0 heterocycles. The maximum Gasteiger partial charge on any atom is 0.239 e. The highest BCUT2D eigenvalue weighted by atomic mass is 19.1. The molecule has 0 bridgehead atoms. The summed E-state index contributed by atoms with van der Waals surface area (Å²) in [5, 5.41) is 5.58. The summed E-state index contributed by atoms with van der Waals surface area (Å²) in [5.74, 6) is -0.419. The molecule has 0 unspecified atom stereocenters. The summed E-state index contributed by atoms with van der Waals surface area (Å²) in [6.45, 7) is 0.122. The number of benzene rings is 1. The maximum atomic E-state index is 13.1. The predicted molar refractivity (Wildman–Crippen MR) is 56.1 cm³/mol. The molecule has 2 rings (SSSR count). The van der Waals surface area contributed by atoms with Crippen molar-refractivity contribution in [1.29, 1.82) is 0 Å². The summed E-state index contributed by atoms with van der Waals surface area (Å²) < 4.78 is 13.1. The molecule has 1 aromatic carbocycles. The molecule has 3 nitrogen and oxygen atoms in total. The number of anilines is 1. The Hall–Kier alpha value is -1.58. The molecule has 0 spiro atoms. The first-order valence-electron chi connectivity index (χ1n) is 5.03.